The molecule has 6 nitrogen and oxygen atoms in total. The van der Waals surface area contributed by atoms with Gasteiger partial charge in [0.25, 0.3) is 0 Å². The largest absolute Gasteiger partial charge is 0.357 e. The van der Waals surface area contributed by atoms with Crippen LogP contribution in [0.15, 0.2) is 9.52 Å². The monoisotopic (exact) mass is 305 g/mol. The molecule has 1 aliphatic heterocycles. The number of nitrogens with zero attached hydrogens (tertiary/aromatic N) is 4. The second-order valence-corrected chi connectivity index (χ2v) is 6.43. The third kappa shape index (κ3) is 3.59. The van der Waals surface area contributed by atoms with Gasteiger partial charge >= 0.3 is 0 Å². The molecule has 2 aliphatic rings. The van der Waals surface area contributed by atoms with Crippen LogP contribution in [-0.2, 0) is 6.42 Å². The number of hydrogen-bond donors (Lipinski definition) is 1. The normalized spacial score (nSPS) is 25.4. The molecule has 2 fully saturated rings. The number of aromatic nitrogens is 2. The molecule has 0 bridgehead atoms. The summed E-state index contributed by atoms with van der Waals surface area (Å²) in [7, 11) is 0. The van der Waals surface area contributed by atoms with Crippen molar-refractivity contribution in [2.45, 2.75) is 46.0 Å². The maximum atomic E-state index is 5.14. The van der Waals surface area contributed by atoms with Gasteiger partial charge in [-0.1, -0.05) is 18.0 Å². The zero-order valence-electron chi connectivity index (χ0n) is 13.7. The van der Waals surface area contributed by atoms with Gasteiger partial charge in [0.15, 0.2) is 11.8 Å². The molecule has 0 aromatic carbocycles. The fourth-order valence-electron chi connectivity index (χ4n) is 3.70. The van der Waals surface area contributed by atoms with E-state index in [1.165, 1.54) is 25.7 Å². The third-order valence-corrected chi connectivity index (χ3v) is 4.77. The van der Waals surface area contributed by atoms with E-state index >= 15 is 0 Å². The molecule has 6 heteroatoms. The molecule has 22 heavy (non-hydrogen) atoms. The summed E-state index contributed by atoms with van der Waals surface area (Å²) in [5.41, 5.74) is 0. The van der Waals surface area contributed by atoms with Crippen LogP contribution >= 0.6 is 0 Å². The van der Waals surface area contributed by atoms with E-state index in [1.807, 2.05) is 6.92 Å². The van der Waals surface area contributed by atoms with Crippen LogP contribution in [0.4, 0.5) is 0 Å². The number of rotatable bonds is 4. The van der Waals surface area contributed by atoms with Crippen LogP contribution < -0.4 is 5.32 Å². The second kappa shape index (κ2) is 7.11. The van der Waals surface area contributed by atoms with E-state index < -0.39 is 0 Å². The highest BCUT2D eigenvalue weighted by Gasteiger charge is 2.35. The Bertz CT molecular complexity index is 498. The molecule has 1 saturated heterocycles. The highest BCUT2D eigenvalue weighted by atomic mass is 16.5. The van der Waals surface area contributed by atoms with Gasteiger partial charge in [0.1, 0.15) is 0 Å². The van der Waals surface area contributed by atoms with Crippen molar-refractivity contribution in [1.82, 2.24) is 20.4 Å². The van der Waals surface area contributed by atoms with Crippen molar-refractivity contribution in [2.75, 3.05) is 26.2 Å². The van der Waals surface area contributed by atoms with E-state index in [0.717, 1.165) is 37.4 Å². The van der Waals surface area contributed by atoms with E-state index in [9.17, 15) is 0 Å². The Kier molecular flexibility index (Phi) is 4.95. The molecule has 3 rings (SSSR count). The summed E-state index contributed by atoms with van der Waals surface area (Å²) < 4.78 is 5.14. The second-order valence-electron chi connectivity index (χ2n) is 6.43. The van der Waals surface area contributed by atoms with E-state index in [2.05, 4.69) is 27.3 Å². The lowest BCUT2D eigenvalue weighted by Gasteiger charge is -2.22. The fraction of sp³-hybridized carbons (Fsp3) is 0.812. The highest BCUT2D eigenvalue weighted by molar-refractivity contribution is 5.80. The predicted octanol–water partition coefficient (Wildman–Crippen LogP) is 2.01. The molecule has 1 N–H and O–H groups in total. The summed E-state index contributed by atoms with van der Waals surface area (Å²) in [6.07, 6.45) is 6.29. The SMILES string of the molecule is CCNC(=NCCc1nc(C)no1)N1CC2CCCCC2C1. The summed E-state index contributed by atoms with van der Waals surface area (Å²) >= 11 is 0. The van der Waals surface area contributed by atoms with Gasteiger partial charge in [-0.15, -0.1) is 0 Å². The van der Waals surface area contributed by atoms with Crippen LogP contribution in [0.2, 0.25) is 0 Å². The summed E-state index contributed by atoms with van der Waals surface area (Å²) in [5, 5.41) is 7.25. The first-order valence-corrected chi connectivity index (χ1v) is 8.58. The summed E-state index contributed by atoms with van der Waals surface area (Å²) in [5.74, 6) is 4.15. The first kappa shape index (κ1) is 15.3. The molecule has 0 radical (unpaired) electrons. The summed E-state index contributed by atoms with van der Waals surface area (Å²) in [4.78, 5) is 11.4. The van der Waals surface area contributed by atoms with Crippen LogP contribution in [0.5, 0.6) is 0 Å². The Morgan fingerprint density at radius 1 is 1.32 bits per heavy atom. The Hall–Kier alpha value is -1.59. The van der Waals surface area contributed by atoms with Crippen molar-refractivity contribution in [1.29, 1.82) is 0 Å². The Morgan fingerprint density at radius 3 is 2.64 bits per heavy atom. The average Bonchev–Trinajstić information content (AvgIpc) is 3.12. The molecule has 0 amide bonds. The molecular formula is C16H27N5O. The van der Waals surface area contributed by atoms with Crippen molar-refractivity contribution < 1.29 is 4.52 Å². The Balaban J connectivity index is 1.58. The summed E-state index contributed by atoms with van der Waals surface area (Å²) in [6.45, 7) is 7.89. The predicted molar refractivity (Wildman–Crippen MR) is 85.7 cm³/mol. The smallest absolute Gasteiger partial charge is 0.228 e. The molecule has 122 valence electrons. The number of aryl methyl sites for hydroxylation is 1. The number of aliphatic imine (C=N–C) groups is 1. The molecule has 2 atom stereocenters. The van der Waals surface area contributed by atoms with Gasteiger partial charge in [-0.3, -0.25) is 4.99 Å². The van der Waals surface area contributed by atoms with Gasteiger partial charge in [-0.05, 0) is 38.5 Å². The topological polar surface area (TPSA) is 66.5 Å². The number of hydrogen-bond acceptors (Lipinski definition) is 4. The van der Waals surface area contributed by atoms with E-state index in [4.69, 9.17) is 9.52 Å². The van der Waals surface area contributed by atoms with Gasteiger partial charge < -0.3 is 14.7 Å². The van der Waals surface area contributed by atoms with E-state index in [-0.39, 0.29) is 0 Å². The summed E-state index contributed by atoms with van der Waals surface area (Å²) in [6, 6.07) is 0. The molecular weight excluding hydrogens is 278 g/mol. The van der Waals surface area contributed by atoms with Crippen LogP contribution in [0.3, 0.4) is 0 Å². The minimum Gasteiger partial charge on any atom is -0.357 e. The Morgan fingerprint density at radius 2 is 2.05 bits per heavy atom. The molecule has 0 spiro atoms. The van der Waals surface area contributed by atoms with Crippen molar-refractivity contribution in [2.24, 2.45) is 16.8 Å². The maximum absolute atomic E-state index is 5.14. The van der Waals surface area contributed by atoms with Gasteiger partial charge in [-0.2, -0.15) is 4.98 Å². The fourth-order valence-corrected chi connectivity index (χ4v) is 3.70. The molecule has 2 heterocycles. The maximum Gasteiger partial charge on any atom is 0.228 e. The minimum absolute atomic E-state index is 0.673. The van der Waals surface area contributed by atoms with Crippen molar-refractivity contribution >= 4 is 5.96 Å². The Labute approximate surface area is 132 Å². The molecule has 1 aromatic rings. The van der Waals surface area contributed by atoms with Crippen LogP contribution in [-0.4, -0.2) is 47.2 Å². The molecule has 1 aliphatic carbocycles. The van der Waals surface area contributed by atoms with Crippen molar-refractivity contribution in [3.8, 4) is 0 Å². The lowest BCUT2D eigenvalue weighted by atomic mass is 9.82. The van der Waals surface area contributed by atoms with Gasteiger partial charge in [0.2, 0.25) is 5.89 Å². The van der Waals surface area contributed by atoms with Crippen LogP contribution in [0, 0.1) is 18.8 Å². The number of nitrogens with one attached hydrogen (secondary N) is 1. The van der Waals surface area contributed by atoms with E-state index in [1.54, 1.807) is 0 Å². The lowest BCUT2D eigenvalue weighted by molar-refractivity contribution is 0.299. The van der Waals surface area contributed by atoms with Gasteiger partial charge in [0, 0.05) is 26.1 Å². The lowest BCUT2D eigenvalue weighted by Crippen LogP contribution is -2.40. The highest BCUT2D eigenvalue weighted by Crippen LogP contribution is 2.35. The first-order chi connectivity index (χ1) is 10.8. The van der Waals surface area contributed by atoms with Crippen LogP contribution in [0.1, 0.15) is 44.3 Å². The first-order valence-electron chi connectivity index (χ1n) is 8.58. The standard InChI is InChI=1S/C16H27N5O/c1-3-17-16(18-9-8-15-19-12(2)20-22-15)21-10-13-6-4-5-7-14(13)11-21/h13-14H,3-11H2,1-2H3,(H,17,18). The van der Waals surface area contributed by atoms with Gasteiger partial charge in [0.05, 0.1) is 6.54 Å². The number of likely N-dealkylation sites (tertiary alicyclic amines) is 1. The van der Waals surface area contributed by atoms with E-state index in [0.29, 0.717) is 24.7 Å². The zero-order chi connectivity index (χ0) is 15.4. The zero-order valence-corrected chi connectivity index (χ0v) is 13.7. The quantitative estimate of drug-likeness (QED) is 0.681. The molecule has 1 saturated carbocycles. The molecule has 2 unspecified atom stereocenters. The van der Waals surface area contributed by atoms with Crippen LogP contribution in [0.25, 0.3) is 0 Å². The average molecular weight is 305 g/mol. The number of fused-ring (bicyclic) bond motifs is 1. The third-order valence-electron chi connectivity index (χ3n) is 4.77. The van der Waals surface area contributed by atoms with Crippen molar-refractivity contribution in [3.05, 3.63) is 11.7 Å². The minimum atomic E-state index is 0.673. The van der Waals surface area contributed by atoms with Gasteiger partial charge in [-0.25, -0.2) is 0 Å². The molecule has 1 aromatic heterocycles. The number of guanidine groups is 1. The van der Waals surface area contributed by atoms with Crippen molar-refractivity contribution in [3.63, 3.8) is 0 Å².